The maximum Gasteiger partial charge on any atom is 0.264 e. The number of benzene rings is 2. The van der Waals surface area contributed by atoms with Crippen LogP contribution in [0.1, 0.15) is 80.8 Å². The highest BCUT2D eigenvalue weighted by Gasteiger charge is 2.39. The minimum atomic E-state index is -3.90. The van der Waals surface area contributed by atoms with Crippen LogP contribution < -0.4 is 14.4 Å². The molecule has 224 valence electrons. The Morgan fingerprint density at radius 1 is 1.02 bits per heavy atom. The van der Waals surface area contributed by atoms with Gasteiger partial charge >= 0.3 is 0 Å². The molecule has 1 saturated carbocycles. The predicted molar refractivity (Wildman–Crippen MR) is 163 cm³/mol. The molecule has 0 spiro atoms. The van der Waals surface area contributed by atoms with E-state index in [4.69, 9.17) is 16.3 Å². The quantitative estimate of drug-likeness (QED) is 0.386. The summed E-state index contributed by atoms with van der Waals surface area (Å²) in [6.07, 6.45) is 5.75. The van der Waals surface area contributed by atoms with Crippen LogP contribution in [0.2, 0.25) is 5.02 Å². The zero-order valence-corrected chi connectivity index (χ0v) is 25.9. The molecule has 0 aromatic heterocycles. The van der Waals surface area contributed by atoms with E-state index in [1.807, 2.05) is 25.1 Å². The zero-order chi connectivity index (χ0) is 29.3. The first-order valence-electron chi connectivity index (χ1n) is 15.0. The van der Waals surface area contributed by atoms with E-state index in [2.05, 4.69) is 16.5 Å². The van der Waals surface area contributed by atoms with Crippen molar-refractivity contribution in [3.8, 4) is 5.75 Å². The Bertz CT molecular complexity index is 1370. The molecule has 1 amide bonds. The van der Waals surface area contributed by atoms with Gasteiger partial charge in [-0.3, -0.25) is 4.79 Å². The molecule has 2 aromatic carbocycles. The van der Waals surface area contributed by atoms with Crippen molar-refractivity contribution in [1.29, 1.82) is 0 Å². The largest absolute Gasteiger partial charge is 0.487 e. The Hall–Kier alpha value is -2.29. The van der Waals surface area contributed by atoms with E-state index in [1.54, 1.807) is 25.1 Å². The normalized spacial score (nSPS) is 30.9. The molecule has 41 heavy (non-hydrogen) atoms. The van der Waals surface area contributed by atoms with Crippen LogP contribution in [0.4, 0.5) is 5.69 Å². The van der Waals surface area contributed by atoms with E-state index < -0.39 is 27.3 Å². The topological polar surface area (TPSA) is 95.9 Å². The van der Waals surface area contributed by atoms with Crippen molar-refractivity contribution in [1.82, 2.24) is 4.72 Å². The lowest BCUT2D eigenvalue weighted by molar-refractivity contribution is 0.000649. The Labute approximate surface area is 249 Å². The van der Waals surface area contributed by atoms with Gasteiger partial charge in [-0.1, -0.05) is 31.5 Å². The van der Waals surface area contributed by atoms with Crippen LogP contribution in [-0.2, 0) is 23.1 Å². The van der Waals surface area contributed by atoms with Crippen molar-refractivity contribution < 1.29 is 23.1 Å². The molecule has 1 aliphatic carbocycles. The molecule has 7 nitrogen and oxygen atoms in total. The number of aryl methyl sites for hydroxylation is 1. The van der Waals surface area contributed by atoms with Gasteiger partial charge in [-0.25, -0.2) is 13.1 Å². The molecule has 0 unspecified atom stereocenters. The summed E-state index contributed by atoms with van der Waals surface area (Å²) in [6.45, 7) is 7.54. The molecule has 1 fully saturated rings. The molecule has 9 heteroatoms. The van der Waals surface area contributed by atoms with Crippen LogP contribution in [0.15, 0.2) is 36.4 Å². The van der Waals surface area contributed by atoms with Crippen LogP contribution in [-0.4, -0.2) is 43.9 Å². The molecule has 2 aliphatic heterocycles. The summed E-state index contributed by atoms with van der Waals surface area (Å²) in [5.41, 5.74) is 3.33. The Morgan fingerprint density at radius 3 is 2.59 bits per heavy atom. The van der Waals surface area contributed by atoms with Gasteiger partial charge in [0.15, 0.2) is 0 Å². The Balaban J connectivity index is 1.53. The first kappa shape index (κ1) is 30.2. The van der Waals surface area contributed by atoms with Crippen LogP contribution in [0, 0.1) is 23.7 Å². The molecule has 2 aromatic rings. The van der Waals surface area contributed by atoms with E-state index in [0.717, 1.165) is 56.4 Å². The first-order valence-corrected chi connectivity index (χ1v) is 17.0. The number of carbonyl (C=O) groups excluding carboxylic acids is 1. The van der Waals surface area contributed by atoms with E-state index in [0.29, 0.717) is 36.1 Å². The van der Waals surface area contributed by atoms with Crippen molar-refractivity contribution in [3.63, 3.8) is 0 Å². The van der Waals surface area contributed by atoms with Gasteiger partial charge in [0, 0.05) is 23.7 Å². The minimum absolute atomic E-state index is 0.165. The fraction of sp³-hybridized carbons (Fsp3) is 0.594. The number of hydrogen-bond acceptors (Lipinski definition) is 6. The number of amides is 1. The van der Waals surface area contributed by atoms with Crippen molar-refractivity contribution in [2.75, 3.05) is 18.0 Å². The summed E-state index contributed by atoms with van der Waals surface area (Å²) in [4.78, 5) is 15.6. The Kier molecular flexibility index (Phi) is 9.22. The molecule has 2 N–H and O–H groups in total. The average Bonchev–Trinajstić information content (AvgIpc) is 2.92. The van der Waals surface area contributed by atoms with Gasteiger partial charge < -0.3 is 14.7 Å². The number of carbonyl (C=O) groups is 1. The third kappa shape index (κ3) is 6.86. The smallest absolute Gasteiger partial charge is 0.264 e. The second kappa shape index (κ2) is 12.5. The van der Waals surface area contributed by atoms with Crippen molar-refractivity contribution >= 4 is 33.2 Å². The number of halogens is 1. The maximum absolute atomic E-state index is 13.3. The number of fused-ring (bicyclic) bond motifs is 3. The van der Waals surface area contributed by atoms with Gasteiger partial charge in [-0.05, 0) is 117 Å². The summed E-state index contributed by atoms with van der Waals surface area (Å²) >= 11 is 6.30. The Morgan fingerprint density at radius 2 is 1.83 bits per heavy atom. The summed E-state index contributed by atoms with van der Waals surface area (Å²) in [5.74, 6) is 0.582. The number of ether oxygens (including phenoxy) is 1. The minimum Gasteiger partial charge on any atom is -0.487 e. The highest BCUT2D eigenvalue weighted by Crippen LogP contribution is 2.42. The molecule has 2 heterocycles. The van der Waals surface area contributed by atoms with Gasteiger partial charge in [-0.15, -0.1) is 0 Å². The van der Waals surface area contributed by atoms with Gasteiger partial charge in [0.25, 0.3) is 5.91 Å². The lowest BCUT2D eigenvalue weighted by Gasteiger charge is -2.44. The molecular weight excluding hydrogens is 560 g/mol. The van der Waals surface area contributed by atoms with Crippen molar-refractivity contribution in [3.05, 3.63) is 58.1 Å². The molecule has 2 bridgehead atoms. The van der Waals surface area contributed by atoms with E-state index in [1.165, 1.54) is 5.56 Å². The van der Waals surface area contributed by atoms with E-state index >= 15 is 0 Å². The standard InChI is InChI=1S/C32H43ClN2O5S/c1-20-14-21(2)22(3)41(38,39)34-32(37)24-9-12-31-29(17-24)35(18-25-8-11-28(25)30(36)15-20)13-5-4-6-23-16-27(33)10-7-26(23)19-40-31/h7,9-10,12,16-17,20-22,25,28,30,36H,4-6,8,11,13-15,18-19H2,1-3H3,(H,34,37)/t20-,21+,22-,25+,28-,30+/m1/s1. The zero-order valence-electron chi connectivity index (χ0n) is 24.3. The van der Waals surface area contributed by atoms with Crippen LogP contribution in [0.3, 0.4) is 0 Å². The van der Waals surface area contributed by atoms with Crippen molar-refractivity contribution in [2.45, 2.75) is 83.7 Å². The number of aliphatic hydroxyl groups is 1. The lowest BCUT2D eigenvalue weighted by atomic mass is 9.68. The highest BCUT2D eigenvalue weighted by atomic mass is 35.5. The highest BCUT2D eigenvalue weighted by molar-refractivity contribution is 7.90. The molecule has 5 rings (SSSR count). The number of hydrogen-bond donors (Lipinski definition) is 2. The lowest BCUT2D eigenvalue weighted by Crippen LogP contribution is -2.44. The monoisotopic (exact) mass is 602 g/mol. The number of sulfonamides is 1. The number of aliphatic hydroxyl groups excluding tert-OH is 1. The maximum atomic E-state index is 13.3. The second-order valence-corrected chi connectivity index (χ2v) is 15.1. The van der Waals surface area contributed by atoms with Gasteiger partial charge in [0.2, 0.25) is 10.0 Å². The van der Waals surface area contributed by atoms with Crippen LogP contribution >= 0.6 is 11.6 Å². The molecule has 0 radical (unpaired) electrons. The number of nitrogens with zero attached hydrogens (tertiary/aromatic N) is 1. The number of nitrogens with one attached hydrogen (secondary N) is 1. The van der Waals surface area contributed by atoms with Crippen molar-refractivity contribution in [2.24, 2.45) is 23.7 Å². The van der Waals surface area contributed by atoms with E-state index in [-0.39, 0.29) is 23.3 Å². The fourth-order valence-corrected chi connectivity index (χ4v) is 8.27. The SMILES string of the molecule is C[C@@H]1C[C@H](C)[C@@H](C)S(=O)(=O)NC(=O)c2ccc3c(c2)N(CCCCc2cc(Cl)ccc2CO3)C[C@@H]2CC[C@H]2[C@@H](O)C1. The van der Waals surface area contributed by atoms with Crippen LogP contribution in [0.25, 0.3) is 0 Å². The second-order valence-electron chi connectivity index (χ2n) is 12.6. The van der Waals surface area contributed by atoms with Gasteiger partial charge in [0.1, 0.15) is 12.4 Å². The molecule has 3 aliphatic rings. The van der Waals surface area contributed by atoms with Gasteiger partial charge in [-0.2, -0.15) is 0 Å². The third-order valence-electron chi connectivity index (χ3n) is 9.61. The first-order chi connectivity index (χ1) is 19.5. The number of rotatable bonds is 0. The molecular formula is C32H43ClN2O5S. The summed E-state index contributed by atoms with van der Waals surface area (Å²) in [6, 6.07) is 11.1. The summed E-state index contributed by atoms with van der Waals surface area (Å²) in [7, 11) is -3.90. The van der Waals surface area contributed by atoms with Crippen LogP contribution in [0.5, 0.6) is 5.75 Å². The fourth-order valence-electron chi connectivity index (χ4n) is 6.79. The molecule has 6 atom stereocenters. The number of anilines is 1. The third-order valence-corrected chi connectivity index (χ3v) is 11.8. The summed E-state index contributed by atoms with van der Waals surface area (Å²) < 4.78 is 35.2. The average molecular weight is 603 g/mol. The van der Waals surface area contributed by atoms with E-state index in [9.17, 15) is 18.3 Å². The molecule has 0 saturated heterocycles. The predicted octanol–water partition coefficient (Wildman–Crippen LogP) is 5.96. The van der Waals surface area contributed by atoms with Gasteiger partial charge in [0.05, 0.1) is 17.0 Å². The summed E-state index contributed by atoms with van der Waals surface area (Å²) in [5, 5.41) is 11.2.